The molecular formula is C17H23FN2O2. The fourth-order valence-electron chi connectivity index (χ4n) is 2.57. The van der Waals surface area contributed by atoms with Crippen molar-refractivity contribution in [2.24, 2.45) is 0 Å². The Morgan fingerprint density at radius 2 is 1.73 bits per heavy atom. The lowest BCUT2D eigenvalue weighted by molar-refractivity contribution is -0.132. The van der Waals surface area contributed by atoms with Gasteiger partial charge in [-0.3, -0.25) is 14.5 Å². The Labute approximate surface area is 130 Å². The summed E-state index contributed by atoms with van der Waals surface area (Å²) in [6, 6.07) is 5.64. The molecule has 1 amide bonds. The van der Waals surface area contributed by atoms with Crippen molar-refractivity contribution in [1.82, 2.24) is 9.80 Å². The zero-order valence-corrected chi connectivity index (χ0v) is 13.1. The fraction of sp³-hybridized carbons (Fsp3) is 0.529. The molecule has 0 spiro atoms. The molecule has 0 atom stereocenters. The van der Waals surface area contributed by atoms with Crippen molar-refractivity contribution >= 4 is 11.7 Å². The number of unbranched alkanes of at least 4 members (excludes halogenated alkanes) is 1. The Balaban J connectivity index is 1.78. The summed E-state index contributed by atoms with van der Waals surface area (Å²) in [5.74, 6) is -0.132. The molecular weight excluding hydrogens is 283 g/mol. The third-order valence-corrected chi connectivity index (χ3v) is 4.00. The van der Waals surface area contributed by atoms with Gasteiger partial charge in [-0.1, -0.05) is 13.3 Å². The summed E-state index contributed by atoms with van der Waals surface area (Å²) in [7, 11) is 0. The molecule has 5 heteroatoms. The zero-order valence-electron chi connectivity index (χ0n) is 13.1. The molecule has 4 nitrogen and oxygen atoms in total. The Hall–Kier alpha value is -1.75. The number of Topliss-reactive ketones (excluding diaryl/α,β-unsaturated/α-hetero) is 1. The average Bonchev–Trinajstić information content (AvgIpc) is 2.54. The minimum absolute atomic E-state index is 0.00856. The molecule has 1 saturated heterocycles. The van der Waals surface area contributed by atoms with E-state index in [4.69, 9.17) is 0 Å². The van der Waals surface area contributed by atoms with E-state index in [1.807, 2.05) is 4.90 Å². The predicted octanol–water partition coefficient (Wildman–Crippen LogP) is 2.34. The normalized spacial score (nSPS) is 15.8. The second-order valence-electron chi connectivity index (χ2n) is 5.69. The SMILES string of the molecule is CCCCC(=O)N1CCN(CC(=O)c2ccc(F)cc2)CC1. The zero-order chi connectivity index (χ0) is 15.9. The molecule has 1 fully saturated rings. The van der Waals surface area contributed by atoms with Crippen molar-refractivity contribution in [1.29, 1.82) is 0 Å². The number of carbonyl (C=O) groups is 2. The molecule has 1 aliphatic rings. The average molecular weight is 306 g/mol. The van der Waals surface area contributed by atoms with E-state index in [2.05, 4.69) is 11.8 Å². The molecule has 0 saturated carbocycles. The van der Waals surface area contributed by atoms with Gasteiger partial charge in [-0.25, -0.2) is 4.39 Å². The summed E-state index contributed by atoms with van der Waals surface area (Å²) < 4.78 is 12.9. The number of carbonyl (C=O) groups excluding carboxylic acids is 2. The van der Waals surface area contributed by atoms with E-state index in [1.54, 1.807) is 0 Å². The smallest absolute Gasteiger partial charge is 0.222 e. The van der Waals surface area contributed by atoms with Crippen LogP contribution in [0.15, 0.2) is 24.3 Å². The van der Waals surface area contributed by atoms with Gasteiger partial charge in [0.05, 0.1) is 6.54 Å². The van der Waals surface area contributed by atoms with Crippen LogP contribution in [0.25, 0.3) is 0 Å². The summed E-state index contributed by atoms with van der Waals surface area (Å²) in [5, 5.41) is 0. The number of benzene rings is 1. The molecule has 120 valence electrons. The molecule has 2 rings (SSSR count). The highest BCUT2D eigenvalue weighted by Crippen LogP contribution is 2.09. The van der Waals surface area contributed by atoms with Crippen LogP contribution in [0.2, 0.25) is 0 Å². The van der Waals surface area contributed by atoms with Crippen molar-refractivity contribution < 1.29 is 14.0 Å². The third kappa shape index (κ3) is 4.63. The van der Waals surface area contributed by atoms with Gasteiger partial charge in [0.15, 0.2) is 5.78 Å². The van der Waals surface area contributed by atoms with E-state index >= 15 is 0 Å². The van der Waals surface area contributed by atoms with Gasteiger partial charge in [-0.05, 0) is 30.7 Å². The molecule has 1 heterocycles. The Kier molecular flexibility index (Phi) is 6.07. The number of halogens is 1. The lowest BCUT2D eigenvalue weighted by atomic mass is 10.1. The van der Waals surface area contributed by atoms with Crippen molar-refractivity contribution in [3.63, 3.8) is 0 Å². The third-order valence-electron chi connectivity index (χ3n) is 4.00. The molecule has 22 heavy (non-hydrogen) atoms. The topological polar surface area (TPSA) is 40.6 Å². The van der Waals surface area contributed by atoms with Gasteiger partial charge in [0.1, 0.15) is 5.82 Å². The highest BCUT2D eigenvalue weighted by molar-refractivity contribution is 5.97. The van der Waals surface area contributed by atoms with Crippen molar-refractivity contribution in [3.8, 4) is 0 Å². The van der Waals surface area contributed by atoms with Crippen LogP contribution in [-0.4, -0.2) is 54.2 Å². The molecule has 0 N–H and O–H groups in total. The maximum atomic E-state index is 12.9. The van der Waals surface area contributed by atoms with Crippen LogP contribution in [-0.2, 0) is 4.79 Å². The minimum Gasteiger partial charge on any atom is -0.340 e. The first kappa shape index (κ1) is 16.6. The molecule has 1 aliphatic heterocycles. The Morgan fingerprint density at radius 1 is 1.09 bits per heavy atom. The van der Waals surface area contributed by atoms with Gasteiger partial charge < -0.3 is 4.90 Å². The predicted molar refractivity (Wildman–Crippen MR) is 83.3 cm³/mol. The van der Waals surface area contributed by atoms with Crippen LogP contribution in [0.5, 0.6) is 0 Å². The van der Waals surface area contributed by atoms with Crippen molar-refractivity contribution in [2.45, 2.75) is 26.2 Å². The molecule has 0 radical (unpaired) electrons. The largest absolute Gasteiger partial charge is 0.340 e. The molecule has 0 aliphatic carbocycles. The molecule has 1 aromatic carbocycles. The van der Waals surface area contributed by atoms with Gasteiger partial charge in [0, 0.05) is 38.2 Å². The first-order valence-corrected chi connectivity index (χ1v) is 7.89. The van der Waals surface area contributed by atoms with Crippen LogP contribution in [0.4, 0.5) is 4.39 Å². The number of piperazine rings is 1. The standard InChI is InChI=1S/C17H23FN2O2/c1-2-3-4-17(22)20-11-9-19(10-12-20)13-16(21)14-5-7-15(18)8-6-14/h5-8H,2-4,9-13H2,1H3. The van der Waals surface area contributed by atoms with Crippen LogP contribution in [0, 0.1) is 5.82 Å². The first-order valence-electron chi connectivity index (χ1n) is 7.89. The van der Waals surface area contributed by atoms with E-state index in [0.717, 1.165) is 12.8 Å². The number of rotatable bonds is 6. The number of ketones is 1. The van der Waals surface area contributed by atoms with Gasteiger partial charge in [0.2, 0.25) is 5.91 Å². The van der Waals surface area contributed by atoms with E-state index in [0.29, 0.717) is 44.7 Å². The Morgan fingerprint density at radius 3 is 2.32 bits per heavy atom. The lowest BCUT2D eigenvalue weighted by Gasteiger charge is -2.34. The van der Waals surface area contributed by atoms with Crippen LogP contribution < -0.4 is 0 Å². The van der Waals surface area contributed by atoms with Crippen molar-refractivity contribution in [3.05, 3.63) is 35.6 Å². The lowest BCUT2D eigenvalue weighted by Crippen LogP contribution is -2.49. The summed E-state index contributed by atoms with van der Waals surface area (Å²) >= 11 is 0. The van der Waals surface area contributed by atoms with Crippen LogP contribution in [0.1, 0.15) is 36.5 Å². The van der Waals surface area contributed by atoms with E-state index < -0.39 is 0 Å². The summed E-state index contributed by atoms with van der Waals surface area (Å²) in [4.78, 5) is 28.0. The maximum absolute atomic E-state index is 12.9. The van der Waals surface area contributed by atoms with Gasteiger partial charge in [0.25, 0.3) is 0 Å². The van der Waals surface area contributed by atoms with Gasteiger partial charge >= 0.3 is 0 Å². The fourth-order valence-corrected chi connectivity index (χ4v) is 2.57. The summed E-state index contributed by atoms with van der Waals surface area (Å²) in [6.45, 7) is 5.18. The number of hydrogen-bond donors (Lipinski definition) is 0. The maximum Gasteiger partial charge on any atom is 0.222 e. The number of nitrogens with zero attached hydrogens (tertiary/aromatic N) is 2. The van der Waals surface area contributed by atoms with Gasteiger partial charge in [-0.15, -0.1) is 0 Å². The molecule has 0 bridgehead atoms. The minimum atomic E-state index is -0.337. The first-order chi connectivity index (χ1) is 10.6. The second kappa shape index (κ2) is 8.03. The molecule has 0 aromatic heterocycles. The van der Waals surface area contributed by atoms with E-state index in [9.17, 15) is 14.0 Å². The highest BCUT2D eigenvalue weighted by atomic mass is 19.1. The number of amides is 1. The molecule has 0 unspecified atom stereocenters. The Bertz CT molecular complexity index is 508. The second-order valence-corrected chi connectivity index (χ2v) is 5.69. The van der Waals surface area contributed by atoms with Crippen LogP contribution >= 0.6 is 0 Å². The van der Waals surface area contributed by atoms with Crippen molar-refractivity contribution in [2.75, 3.05) is 32.7 Å². The van der Waals surface area contributed by atoms with E-state index in [1.165, 1.54) is 24.3 Å². The summed E-state index contributed by atoms with van der Waals surface area (Å²) in [6.07, 6.45) is 2.57. The van der Waals surface area contributed by atoms with Crippen LogP contribution in [0.3, 0.4) is 0 Å². The molecule has 1 aromatic rings. The summed E-state index contributed by atoms with van der Waals surface area (Å²) in [5.41, 5.74) is 0.530. The highest BCUT2D eigenvalue weighted by Gasteiger charge is 2.22. The van der Waals surface area contributed by atoms with Gasteiger partial charge in [-0.2, -0.15) is 0 Å². The van der Waals surface area contributed by atoms with E-state index in [-0.39, 0.29) is 17.5 Å². The quantitative estimate of drug-likeness (QED) is 0.758. The monoisotopic (exact) mass is 306 g/mol. The number of hydrogen-bond acceptors (Lipinski definition) is 3.